The fourth-order valence-corrected chi connectivity index (χ4v) is 3.64. The van der Waals surface area contributed by atoms with Crippen molar-refractivity contribution in [2.75, 3.05) is 0 Å². The van der Waals surface area contributed by atoms with Crippen LogP contribution in [0.25, 0.3) is 10.9 Å². The summed E-state index contributed by atoms with van der Waals surface area (Å²) in [6.45, 7) is 5.18. The van der Waals surface area contributed by atoms with Crippen LogP contribution in [0.4, 0.5) is 0 Å². The lowest BCUT2D eigenvalue weighted by Gasteiger charge is -2.09. The second-order valence-electron chi connectivity index (χ2n) is 8.20. The van der Waals surface area contributed by atoms with E-state index in [4.69, 9.17) is 5.26 Å². The predicted molar refractivity (Wildman–Crippen MR) is 129 cm³/mol. The van der Waals surface area contributed by atoms with Gasteiger partial charge < -0.3 is 9.67 Å². The van der Waals surface area contributed by atoms with E-state index in [9.17, 15) is 9.90 Å². The van der Waals surface area contributed by atoms with Gasteiger partial charge in [0.1, 0.15) is 11.8 Å². The highest BCUT2D eigenvalue weighted by Crippen LogP contribution is 2.20. The molecular weight excluding hydrogens is 412 g/mol. The van der Waals surface area contributed by atoms with Crippen molar-refractivity contribution >= 4 is 23.0 Å². The third-order valence-corrected chi connectivity index (χ3v) is 5.55. The number of aromatic hydroxyl groups is 1. The Morgan fingerprint density at radius 3 is 2.64 bits per heavy atom. The van der Waals surface area contributed by atoms with Crippen molar-refractivity contribution < 1.29 is 9.90 Å². The molecule has 0 spiro atoms. The summed E-state index contributed by atoms with van der Waals surface area (Å²) in [4.78, 5) is 12.2. The number of fused-ring (bicyclic) bond motifs is 1. The lowest BCUT2D eigenvalue weighted by molar-refractivity contribution is 0.0955. The minimum Gasteiger partial charge on any atom is -0.507 e. The largest absolute Gasteiger partial charge is 0.507 e. The second-order valence-corrected chi connectivity index (χ2v) is 8.20. The molecule has 6 nitrogen and oxygen atoms in total. The number of carbonyl (C=O) groups is 1. The number of nitriles is 1. The molecule has 6 heteroatoms. The fraction of sp³-hybridized carbons (Fsp3) is 0.148. The number of phenolic OH excluding ortho intramolecular Hbond substituents is 1. The van der Waals surface area contributed by atoms with Gasteiger partial charge in [-0.05, 0) is 59.0 Å². The molecule has 0 saturated carbocycles. The summed E-state index contributed by atoms with van der Waals surface area (Å²) in [5.41, 5.74) is 7.30. The van der Waals surface area contributed by atoms with Crippen LogP contribution in [0.1, 0.15) is 52.4 Å². The minimum absolute atomic E-state index is 0.0393. The van der Waals surface area contributed by atoms with Gasteiger partial charge in [-0.15, -0.1) is 0 Å². The number of aromatic nitrogens is 1. The van der Waals surface area contributed by atoms with Gasteiger partial charge in [0, 0.05) is 29.2 Å². The Hall–Kier alpha value is -4.37. The van der Waals surface area contributed by atoms with Crippen molar-refractivity contribution in [3.63, 3.8) is 0 Å². The van der Waals surface area contributed by atoms with E-state index in [-0.39, 0.29) is 16.9 Å². The number of nitrogens with one attached hydrogen (secondary N) is 1. The predicted octanol–water partition coefficient (Wildman–Crippen LogP) is 5.15. The molecule has 4 rings (SSSR count). The Morgan fingerprint density at radius 2 is 1.91 bits per heavy atom. The third kappa shape index (κ3) is 4.94. The number of rotatable bonds is 6. The molecule has 0 unspecified atom stereocenters. The summed E-state index contributed by atoms with van der Waals surface area (Å²) < 4.78 is 2.21. The van der Waals surface area contributed by atoms with Gasteiger partial charge in [0.25, 0.3) is 5.91 Å². The zero-order valence-electron chi connectivity index (χ0n) is 18.5. The Morgan fingerprint density at radius 1 is 1.12 bits per heavy atom. The quantitative estimate of drug-likeness (QED) is 0.323. The van der Waals surface area contributed by atoms with Gasteiger partial charge in [-0.1, -0.05) is 44.2 Å². The Kier molecular flexibility index (Phi) is 6.23. The molecule has 0 aliphatic carbocycles. The van der Waals surface area contributed by atoms with Crippen LogP contribution in [0.3, 0.4) is 0 Å². The molecule has 0 saturated heterocycles. The standard InChI is InChI=1S/C27H24N4O2/c1-18(2)21-6-3-19(4-7-21)17-31-12-11-22-13-20(5-9-25(22)31)16-29-30-27(33)23-8-10-26(32)24(14-23)15-28/h3-14,16,18,32H,17H2,1-2H3,(H,30,33). The van der Waals surface area contributed by atoms with E-state index in [0.717, 1.165) is 23.0 Å². The number of hydrazone groups is 1. The Balaban J connectivity index is 1.44. The summed E-state index contributed by atoms with van der Waals surface area (Å²) in [6, 6.07) is 22.7. The number of hydrogen-bond donors (Lipinski definition) is 2. The molecule has 0 aliphatic rings. The van der Waals surface area contributed by atoms with E-state index in [0.29, 0.717) is 5.92 Å². The molecule has 3 aromatic carbocycles. The first-order chi connectivity index (χ1) is 15.9. The van der Waals surface area contributed by atoms with E-state index in [1.54, 1.807) is 6.21 Å². The number of amides is 1. The van der Waals surface area contributed by atoms with E-state index in [2.05, 4.69) is 65.5 Å². The number of phenols is 1. The summed E-state index contributed by atoms with van der Waals surface area (Å²) in [5.74, 6) is -0.101. The third-order valence-electron chi connectivity index (χ3n) is 5.55. The fourth-order valence-electron chi connectivity index (χ4n) is 3.64. The van der Waals surface area contributed by atoms with Gasteiger partial charge in [-0.3, -0.25) is 4.79 Å². The molecule has 164 valence electrons. The van der Waals surface area contributed by atoms with Crippen LogP contribution >= 0.6 is 0 Å². The van der Waals surface area contributed by atoms with Crippen molar-refractivity contribution in [2.24, 2.45) is 5.10 Å². The summed E-state index contributed by atoms with van der Waals surface area (Å²) in [7, 11) is 0. The molecule has 0 radical (unpaired) electrons. The highest BCUT2D eigenvalue weighted by molar-refractivity contribution is 5.96. The molecule has 4 aromatic rings. The molecule has 2 N–H and O–H groups in total. The first-order valence-electron chi connectivity index (χ1n) is 10.7. The van der Waals surface area contributed by atoms with Gasteiger partial charge in [0.2, 0.25) is 0 Å². The highest BCUT2D eigenvalue weighted by atomic mass is 16.3. The van der Waals surface area contributed by atoms with E-state index >= 15 is 0 Å². The molecule has 1 aromatic heterocycles. The zero-order chi connectivity index (χ0) is 23.4. The Labute approximate surface area is 192 Å². The lowest BCUT2D eigenvalue weighted by Crippen LogP contribution is -2.17. The molecule has 33 heavy (non-hydrogen) atoms. The van der Waals surface area contributed by atoms with Crippen LogP contribution in [0.2, 0.25) is 0 Å². The molecule has 1 heterocycles. The number of hydrogen-bond acceptors (Lipinski definition) is 4. The van der Waals surface area contributed by atoms with Crippen LogP contribution in [0.5, 0.6) is 5.75 Å². The van der Waals surface area contributed by atoms with Crippen molar-refractivity contribution in [3.8, 4) is 11.8 Å². The Bertz CT molecular complexity index is 1380. The van der Waals surface area contributed by atoms with Gasteiger partial charge in [0.15, 0.2) is 0 Å². The number of carbonyl (C=O) groups excluding carboxylic acids is 1. The SMILES string of the molecule is CC(C)c1ccc(Cn2ccc3cc(C=NNC(=O)c4ccc(O)c(C#N)c4)ccc32)cc1. The van der Waals surface area contributed by atoms with Crippen LogP contribution in [-0.4, -0.2) is 21.8 Å². The highest BCUT2D eigenvalue weighted by Gasteiger charge is 2.08. The maximum atomic E-state index is 12.2. The van der Waals surface area contributed by atoms with Gasteiger partial charge in [-0.25, -0.2) is 5.43 Å². The minimum atomic E-state index is -0.460. The van der Waals surface area contributed by atoms with Gasteiger partial charge >= 0.3 is 0 Å². The number of nitrogens with zero attached hydrogens (tertiary/aromatic N) is 3. The summed E-state index contributed by atoms with van der Waals surface area (Å²) in [5, 5.41) is 23.6. The molecule has 0 atom stereocenters. The molecule has 0 fully saturated rings. The van der Waals surface area contributed by atoms with Crippen molar-refractivity contribution in [1.82, 2.24) is 9.99 Å². The molecule has 1 amide bonds. The van der Waals surface area contributed by atoms with Crippen LogP contribution in [0, 0.1) is 11.3 Å². The molecule has 0 bridgehead atoms. The lowest BCUT2D eigenvalue weighted by atomic mass is 10.0. The van der Waals surface area contributed by atoms with Crippen molar-refractivity contribution in [3.05, 3.63) is 101 Å². The van der Waals surface area contributed by atoms with Crippen LogP contribution in [0.15, 0.2) is 78.0 Å². The van der Waals surface area contributed by atoms with E-state index in [1.807, 2.05) is 24.3 Å². The zero-order valence-corrected chi connectivity index (χ0v) is 18.5. The topological polar surface area (TPSA) is 90.4 Å². The summed E-state index contributed by atoms with van der Waals surface area (Å²) in [6.07, 6.45) is 3.65. The maximum absolute atomic E-state index is 12.2. The average molecular weight is 437 g/mol. The van der Waals surface area contributed by atoms with Crippen molar-refractivity contribution in [1.29, 1.82) is 5.26 Å². The van der Waals surface area contributed by atoms with Crippen LogP contribution in [-0.2, 0) is 6.54 Å². The summed E-state index contributed by atoms with van der Waals surface area (Å²) >= 11 is 0. The van der Waals surface area contributed by atoms with E-state index in [1.165, 1.54) is 29.3 Å². The van der Waals surface area contributed by atoms with Crippen LogP contribution < -0.4 is 5.43 Å². The van der Waals surface area contributed by atoms with Gasteiger partial charge in [-0.2, -0.15) is 10.4 Å². The van der Waals surface area contributed by atoms with E-state index < -0.39 is 5.91 Å². The van der Waals surface area contributed by atoms with Crippen molar-refractivity contribution in [2.45, 2.75) is 26.3 Å². The molecule has 0 aliphatic heterocycles. The normalized spacial score (nSPS) is 11.2. The smallest absolute Gasteiger partial charge is 0.271 e. The number of benzene rings is 3. The maximum Gasteiger partial charge on any atom is 0.271 e. The monoisotopic (exact) mass is 436 g/mol. The second kappa shape index (κ2) is 9.41. The first kappa shape index (κ1) is 21.8. The first-order valence-corrected chi connectivity index (χ1v) is 10.7. The molecular formula is C27H24N4O2. The average Bonchev–Trinajstić information content (AvgIpc) is 3.21. The van der Waals surface area contributed by atoms with Gasteiger partial charge in [0.05, 0.1) is 11.8 Å².